The van der Waals surface area contributed by atoms with E-state index in [9.17, 15) is 10.1 Å². The molecule has 4 aromatic rings. The van der Waals surface area contributed by atoms with Gasteiger partial charge in [-0.15, -0.1) is 0 Å². The van der Waals surface area contributed by atoms with Crippen molar-refractivity contribution < 1.29 is 9.34 Å². The van der Waals surface area contributed by atoms with Crippen LogP contribution >= 0.6 is 12.2 Å². The second-order valence-corrected chi connectivity index (χ2v) is 8.38. The van der Waals surface area contributed by atoms with Crippen LogP contribution in [0.15, 0.2) is 89.5 Å². The number of nitrogens with zero attached hydrogens (tertiary/aromatic N) is 3. The summed E-state index contributed by atoms with van der Waals surface area (Å²) in [6.45, 7) is 2.12. The van der Waals surface area contributed by atoms with Crippen molar-refractivity contribution in [1.29, 1.82) is 0 Å². The molecule has 0 bridgehead atoms. The monoisotopic (exact) mass is 470 g/mol. The standard InChI is InChI=1S/C26H22N4O3S/c1-2-17-10-12-18(13-11-17)29-25(24(28-26(29)34)20-8-5-6-16-27-20)23-15-14-22(33-23)19-7-3-4-9-21(19)30(31)32/h3-16,24-25H,2H2,1H3,(H,28,34)/t24-,25-/m1/s1. The molecule has 1 aliphatic heterocycles. The molecule has 7 nitrogen and oxygen atoms in total. The number of nitro groups is 1. The van der Waals surface area contributed by atoms with Crippen LogP contribution in [0.3, 0.4) is 0 Å². The molecule has 0 radical (unpaired) electrons. The SMILES string of the molecule is CCc1ccc(N2C(=S)N[C@H](c3ccccn3)[C@H]2c2ccc(-c3ccccc3[N+](=O)[O-])o2)cc1. The maximum atomic E-state index is 11.5. The molecule has 2 aromatic heterocycles. The van der Waals surface area contributed by atoms with Crippen LogP contribution in [0.1, 0.15) is 36.0 Å². The van der Waals surface area contributed by atoms with Crippen LogP contribution in [-0.4, -0.2) is 15.0 Å². The maximum absolute atomic E-state index is 11.5. The van der Waals surface area contributed by atoms with Crippen molar-refractivity contribution in [3.63, 3.8) is 0 Å². The summed E-state index contributed by atoms with van der Waals surface area (Å²) in [6, 6.07) is 23.6. The van der Waals surface area contributed by atoms with Gasteiger partial charge in [-0.2, -0.15) is 0 Å². The smallest absolute Gasteiger partial charge is 0.280 e. The molecule has 0 saturated carbocycles. The van der Waals surface area contributed by atoms with Crippen molar-refractivity contribution in [2.75, 3.05) is 4.90 Å². The molecule has 1 aliphatic rings. The first-order valence-corrected chi connectivity index (χ1v) is 11.4. The molecule has 1 N–H and O–H groups in total. The molecule has 5 rings (SSSR count). The molecule has 0 unspecified atom stereocenters. The lowest BCUT2D eigenvalue weighted by molar-refractivity contribution is -0.384. The van der Waals surface area contributed by atoms with Crippen molar-refractivity contribution in [3.8, 4) is 11.3 Å². The van der Waals surface area contributed by atoms with Gasteiger partial charge < -0.3 is 14.6 Å². The quantitative estimate of drug-likeness (QED) is 0.210. The van der Waals surface area contributed by atoms with Gasteiger partial charge in [0.15, 0.2) is 5.11 Å². The highest BCUT2D eigenvalue weighted by Gasteiger charge is 2.42. The first-order chi connectivity index (χ1) is 16.6. The summed E-state index contributed by atoms with van der Waals surface area (Å²) in [6.07, 6.45) is 2.69. The molecule has 2 atom stereocenters. The van der Waals surface area contributed by atoms with Crippen molar-refractivity contribution in [2.45, 2.75) is 25.4 Å². The predicted molar refractivity (Wildman–Crippen MR) is 135 cm³/mol. The molecule has 0 amide bonds. The van der Waals surface area contributed by atoms with Gasteiger partial charge in [-0.1, -0.05) is 37.3 Å². The van der Waals surface area contributed by atoms with E-state index in [4.69, 9.17) is 16.6 Å². The van der Waals surface area contributed by atoms with Gasteiger partial charge in [0, 0.05) is 18.0 Å². The van der Waals surface area contributed by atoms with Gasteiger partial charge in [-0.05, 0) is 66.7 Å². The third-order valence-corrected chi connectivity index (χ3v) is 6.32. The van der Waals surface area contributed by atoms with E-state index in [1.54, 1.807) is 30.5 Å². The zero-order valence-electron chi connectivity index (χ0n) is 18.4. The Bertz CT molecular complexity index is 1340. The normalized spacial score (nSPS) is 17.6. The van der Waals surface area contributed by atoms with Crippen molar-refractivity contribution >= 4 is 28.7 Å². The van der Waals surface area contributed by atoms with E-state index in [0.29, 0.717) is 22.2 Å². The van der Waals surface area contributed by atoms with Gasteiger partial charge in [-0.3, -0.25) is 15.1 Å². The molecular weight excluding hydrogens is 448 g/mol. The minimum atomic E-state index is -0.401. The van der Waals surface area contributed by atoms with Crippen LogP contribution < -0.4 is 10.2 Å². The van der Waals surface area contributed by atoms with E-state index >= 15 is 0 Å². The van der Waals surface area contributed by atoms with E-state index < -0.39 is 4.92 Å². The number of para-hydroxylation sites is 1. The number of hydrogen-bond donors (Lipinski definition) is 1. The highest BCUT2D eigenvalue weighted by Crippen LogP contribution is 2.43. The average Bonchev–Trinajstić information content (AvgIpc) is 3.49. The fourth-order valence-corrected chi connectivity index (χ4v) is 4.66. The highest BCUT2D eigenvalue weighted by atomic mass is 32.1. The van der Waals surface area contributed by atoms with E-state index in [1.165, 1.54) is 11.6 Å². The molecule has 1 fully saturated rings. The topological polar surface area (TPSA) is 84.4 Å². The number of nitro benzene ring substituents is 1. The summed E-state index contributed by atoms with van der Waals surface area (Å²) < 4.78 is 6.27. The largest absolute Gasteiger partial charge is 0.459 e. The van der Waals surface area contributed by atoms with Crippen LogP contribution in [0.4, 0.5) is 11.4 Å². The summed E-state index contributed by atoms with van der Waals surface area (Å²) in [7, 11) is 0. The average molecular weight is 471 g/mol. The van der Waals surface area contributed by atoms with Crippen molar-refractivity contribution in [2.24, 2.45) is 0 Å². The number of thiocarbonyl (C=S) groups is 1. The van der Waals surface area contributed by atoms with Crippen molar-refractivity contribution in [3.05, 3.63) is 112 Å². The van der Waals surface area contributed by atoms with E-state index in [2.05, 4.69) is 29.4 Å². The number of benzene rings is 2. The Balaban J connectivity index is 1.60. The minimum absolute atomic E-state index is 0.00301. The van der Waals surface area contributed by atoms with Gasteiger partial charge in [0.05, 0.1) is 22.2 Å². The Morgan fingerprint density at radius 1 is 1.06 bits per heavy atom. The zero-order valence-corrected chi connectivity index (χ0v) is 19.2. The Hall–Kier alpha value is -4.04. The molecule has 3 heterocycles. The van der Waals surface area contributed by atoms with E-state index in [-0.39, 0.29) is 17.8 Å². The number of rotatable bonds is 6. The first-order valence-electron chi connectivity index (χ1n) is 11.0. The predicted octanol–water partition coefficient (Wildman–Crippen LogP) is 5.99. The fourth-order valence-electron chi connectivity index (χ4n) is 4.31. The number of aryl methyl sites for hydroxylation is 1. The molecule has 0 aliphatic carbocycles. The van der Waals surface area contributed by atoms with E-state index in [0.717, 1.165) is 17.8 Å². The van der Waals surface area contributed by atoms with Gasteiger partial charge in [-0.25, -0.2) is 0 Å². The molecule has 2 aromatic carbocycles. The van der Waals surface area contributed by atoms with Crippen LogP contribution in [0.5, 0.6) is 0 Å². The number of hydrogen-bond acceptors (Lipinski definition) is 5. The van der Waals surface area contributed by atoms with Crippen molar-refractivity contribution in [1.82, 2.24) is 10.3 Å². The lowest BCUT2D eigenvalue weighted by Gasteiger charge is -2.26. The lowest BCUT2D eigenvalue weighted by atomic mass is 10.0. The molecule has 34 heavy (non-hydrogen) atoms. The Kier molecular flexibility index (Phi) is 5.81. The summed E-state index contributed by atoms with van der Waals surface area (Å²) in [4.78, 5) is 17.7. The fraction of sp³-hybridized carbons (Fsp3) is 0.154. The number of aromatic nitrogens is 1. The lowest BCUT2D eigenvalue weighted by Crippen LogP contribution is -2.29. The second kappa shape index (κ2) is 9.07. The molecule has 0 spiro atoms. The number of furan rings is 1. The molecule has 1 saturated heterocycles. The van der Waals surface area contributed by atoms with Gasteiger partial charge in [0.25, 0.3) is 5.69 Å². The molecular formula is C26H22N4O3S. The summed E-state index contributed by atoms with van der Waals surface area (Å²) in [5, 5.41) is 15.5. The van der Waals surface area contributed by atoms with Gasteiger partial charge in [0.2, 0.25) is 0 Å². The third-order valence-electron chi connectivity index (χ3n) is 6.01. The number of anilines is 1. The van der Waals surface area contributed by atoms with Gasteiger partial charge >= 0.3 is 0 Å². The van der Waals surface area contributed by atoms with Gasteiger partial charge in [0.1, 0.15) is 17.6 Å². The minimum Gasteiger partial charge on any atom is -0.459 e. The summed E-state index contributed by atoms with van der Waals surface area (Å²) >= 11 is 5.75. The second-order valence-electron chi connectivity index (χ2n) is 7.99. The summed E-state index contributed by atoms with van der Waals surface area (Å²) in [5.41, 5.74) is 3.42. The van der Waals surface area contributed by atoms with Crippen LogP contribution in [0.2, 0.25) is 0 Å². The first kappa shape index (κ1) is 21.8. The highest BCUT2D eigenvalue weighted by molar-refractivity contribution is 7.80. The van der Waals surface area contributed by atoms with Crippen LogP contribution in [0.25, 0.3) is 11.3 Å². The third kappa shape index (κ3) is 3.92. The Morgan fingerprint density at radius 2 is 1.82 bits per heavy atom. The zero-order chi connectivity index (χ0) is 23.7. The Morgan fingerprint density at radius 3 is 2.53 bits per heavy atom. The maximum Gasteiger partial charge on any atom is 0.280 e. The number of nitrogens with one attached hydrogen (secondary N) is 1. The molecule has 8 heteroatoms. The summed E-state index contributed by atoms with van der Waals surface area (Å²) in [5.74, 6) is 1.07. The molecule has 170 valence electrons. The Labute approximate surface area is 202 Å². The number of pyridine rings is 1. The van der Waals surface area contributed by atoms with E-state index in [1.807, 2.05) is 41.3 Å². The van der Waals surface area contributed by atoms with Crippen LogP contribution in [-0.2, 0) is 6.42 Å². The van der Waals surface area contributed by atoms with Crippen LogP contribution in [0, 0.1) is 10.1 Å².